The molecule has 0 unspecified atom stereocenters. The SMILES string of the molecule is c1ccc(-c2ccc(N(c3ccc4c(c3)-c3ccccc3C4(c3ccccc3)c3ccccc3)c3ccc4ccc5cc6oc7ccccc7c6cc5c4c3)cc2)cc1. The Balaban J connectivity index is 1.09. The van der Waals surface area contributed by atoms with E-state index in [9.17, 15) is 0 Å². The average molecular weight is 752 g/mol. The third-order valence-electron chi connectivity index (χ3n) is 12.5. The van der Waals surface area contributed by atoms with E-state index in [1.54, 1.807) is 0 Å². The van der Waals surface area contributed by atoms with Crippen molar-refractivity contribution in [2.45, 2.75) is 5.41 Å². The van der Waals surface area contributed by atoms with Crippen molar-refractivity contribution in [2.75, 3.05) is 4.90 Å². The van der Waals surface area contributed by atoms with Gasteiger partial charge in [0.2, 0.25) is 0 Å². The maximum absolute atomic E-state index is 6.32. The van der Waals surface area contributed by atoms with Gasteiger partial charge in [-0.1, -0.05) is 170 Å². The number of furan rings is 1. The van der Waals surface area contributed by atoms with Crippen LogP contribution in [-0.2, 0) is 5.41 Å². The molecule has 0 saturated heterocycles. The van der Waals surface area contributed by atoms with Crippen molar-refractivity contribution in [3.63, 3.8) is 0 Å². The van der Waals surface area contributed by atoms with Gasteiger partial charge in [-0.3, -0.25) is 0 Å². The molecule has 0 fully saturated rings. The van der Waals surface area contributed by atoms with Gasteiger partial charge in [-0.15, -0.1) is 0 Å². The molecule has 1 aliphatic carbocycles. The van der Waals surface area contributed by atoms with Crippen molar-refractivity contribution in [3.05, 3.63) is 247 Å². The summed E-state index contributed by atoms with van der Waals surface area (Å²) in [6.07, 6.45) is 0. The number of fused-ring (bicyclic) bond motifs is 9. The zero-order chi connectivity index (χ0) is 38.9. The highest BCUT2D eigenvalue weighted by molar-refractivity contribution is 6.17. The Morgan fingerprint density at radius 1 is 0.322 bits per heavy atom. The van der Waals surface area contributed by atoms with Crippen molar-refractivity contribution in [1.82, 2.24) is 0 Å². The third-order valence-corrected chi connectivity index (χ3v) is 12.5. The highest BCUT2D eigenvalue weighted by Crippen LogP contribution is 2.57. The summed E-state index contributed by atoms with van der Waals surface area (Å²) < 4.78 is 6.32. The standard InChI is InChI=1S/C57H37NO/c1-4-14-38(15-5-1)39-26-29-44(30-27-39)58(45-31-28-40-24-25-41-34-56-52(37-50(41)49(40)35-45)48-21-11-13-23-55(48)59-56)46-32-33-54-51(36-46)47-20-10-12-22-53(47)57(54,42-16-6-2-7-17-42)43-18-8-3-9-19-43/h1-37H. The first-order chi connectivity index (χ1) is 29.2. The van der Waals surface area contributed by atoms with Crippen molar-refractivity contribution in [1.29, 1.82) is 0 Å². The smallest absolute Gasteiger partial charge is 0.136 e. The molecule has 1 aromatic heterocycles. The molecule has 0 radical (unpaired) electrons. The van der Waals surface area contributed by atoms with Gasteiger partial charge < -0.3 is 9.32 Å². The Kier molecular flexibility index (Phi) is 7.48. The molecular weight excluding hydrogens is 715 g/mol. The summed E-state index contributed by atoms with van der Waals surface area (Å²) in [5, 5.41) is 7.05. The summed E-state index contributed by atoms with van der Waals surface area (Å²) in [4.78, 5) is 2.42. The molecule has 59 heavy (non-hydrogen) atoms. The molecule has 12 rings (SSSR count). The number of rotatable bonds is 6. The first-order valence-corrected chi connectivity index (χ1v) is 20.3. The minimum absolute atomic E-state index is 0.459. The molecule has 1 heterocycles. The molecule has 0 aliphatic heterocycles. The topological polar surface area (TPSA) is 16.4 Å². The summed E-state index contributed by atoms with van der Waals surface area (Å²) in [5.74, 6) is 0. The monoisotopic (exact) mass is 751 g/mol. The van der Waals surface area contributed by atoms with Gasteiger partial charge in [-0.2, -0.15) is 0 Å². The molecule has 0 saturated carbocycles. The first kappa shape index (κ1) is 33.5. The molecule has 0 bridgehead atoms. The fourth-order valence-electron chi connectivity index (χ4n) is 9.86. The summed E-state index contributed by atoms with van der Waals surface area (Å²) in [6.45, 7) is 0. The lowest BCUT2D eigenvalue weighted by Crippen LogP contribution is -2.28. The van der Waals surface area contributed by atoms with Crippen molar-refractivity contribution in [2.24, 2.45) is 0 Å². The number of nitrogens with zero attached hydrogens (tertiary/aromatic N) is 1. The van der Waals surface area contributed by atoms with E-state index >= 15 is 0 Å². The molecule has 0 atom stereocenters. The van der Waals surface area contributed by atoms with Crippen LogP contribution in [0.2, 0.25) is 0 Å². The highest BCUT2D eigenvalue weighted by atomic mass is 16.3. The summed E-state index contributed by atoms with van der Waals surface area (Å²) >= 11 is 0. The van der Waals surface area contributed by atoms with E-state index < -0.39 is 5.41 Å². The molecule has 2 heteroatoms. The predicted octanol–water partition coefficient (Wildman–Crippen LogP) is 15.4. The lowest BCUT2D eigenvalue weighted by molar-refractivity contribution is 0.669. The zero-order valence-electron chi connectivity index (χ0n) is 32.2. The molecule has 276 valence electrons. The maximum Gasteiger partial charge on any atom is 0.136 e. The van der Waals surface area contributed by atoms with Crippen LogP contribution in [-0.4, -0.2) is 0 Å². The number of benzene rings is 10. The summed E-state index contributed by atoms with van der Waals surface area (Å²) in [6, 6.07) is 82.0. The van der Waals surface area contributed by atoms with E-state index in [1.807, 2.05) is 6.07 Å². The van der Waals surface area contributed by atoms with Gasteiger partial charge in [-0.05, 0) is 121 Å². The average Bonchev–Trinajstić information content (AvgIpc) is 3.82. The van der Waals surface area contributed by atoms with Gasteiger partial charge in [0.1, 0.15) is 11.2 Å². The highest BCUT2D eigenvalue weighted by Gasteiger charge is 2.46. The van der Waals surface area contributed by atoms with Crippen LogP contribution >= 0.6 is 0 Å². The van der Waals surface area contributed by atoms with Gasteiger partial charge in [0.15, 0.2) is 0 Å². The molecule has 0 N–H and O–H groups in total. The minimum Gasteiger partial charge on any atom is -0.456 e. The Hall–Kier alpha value is -7.68. The maximum atomic E-state index is 6.32. The van der Waals surface area contributed by atoms with Crippen molar-refractivity contribution in [3.8, 4) is 22.3 Å². The molecular formula is C57H37NO. The second-order valence-corrected chi connectivity index (χ2v) is 15.6. The van der Waals surface area contributed by atoms with Gasteiger partial charge in [0, 0.05) is 27.8 Å². The van der Waals surface area contributed by atoms with Gasteiger partial charge in [0.25, 0.3) is 0 Å². The van der Waals surface area contributed by atoms with E-state index in [0.29, 0.717) is 0 Å². The van der Waals surface area contributed by atoms with E-state index in [2.05, 4.69) is 223 Å². The van der Waals surface area contributed by atoms with Crippen LogP contribution in [0.25, 0.3) is 65.7 Å². The predicted molar refractivity (Wildman–Crippen MR) is 246 cm³/mol. The second-order valence-electron chi connectivity index (χ2n) is 15.6. The number of para-hydroxylation sites is 1. The van der Waals surface area contributed by atoms with E-state index in [0.717, 1.165) is 44.4 Å². The molecule has 1 aliphatic rings. The number of anilines is 3. The zero-order valence-corrected chi connectivity index (χ0v) is 32.2. The summed E-state index contributed by atoms with van der Waals surface area (Å²) in [5.41, 5.74) is 14.7. The van der Waals surface area contributed by atoms with Crippen LogP contribution in [0.5, 0.6) is 0 Å². The fourth-order valence-corrected chi connectivity index (χ4v) is 9.86. The minimum atomic E-state index is -0.459. The van der Waals surface area contributed by atoms with Crippen LogP contribution in [0.1, 0.15) is 22.3 Å². The lowest BCUT2D eigenvalue weighted by atomic mass is 9.68. The second kappa shape index (κ2) is 13.2. The fraction of sp³-hybridized carbons (Fsp3) is 0.0175. The van der Waals surface area contributed by atoms with Gasteiger partial charge in [0.05, 0.1) is 5.41 Å². The van der Waals surface area contributed by atoms with Crippen LogP contribution in [0.3, 0.4) is 0 Å². The van der Waals surface area contributed by atoms with Gasteiger partial charge >= 0.3 is 0 Å². The Bertz CT molecular complexity index is 3330. The Labute approximate surface area is 342 Å². The number of hydrogen-bond acceptors (Lipinski definition) is 2. The Morgan fingerprint density at radius 2 is 0.881 bits per heavy atom. The van der Waals surface area contributed by atoms with Crippen LogP contribution in [0.15, 0.2) is 229 Å². The molecule has 0 spiro atoms. The number of hydrogen-bond donors (Lipinski definition) is 0. The van der Waals surface area contributed by atoms with Crippen LogP contribution < -0.4 is 4.90 Å². The van der Waals surface area contributed by atoms with E-state index in [1.165, 1.54) is 60.7 Å². The van der Waals surface area contributed by atoms with Crippen molar-refractivity contribution < 1.29 is 4.42 Å². The molecule has 10 aromatic carbocycles. The van der Waals surface area contributed by atoms with E-state index in [4.69, 9.17) is 4.42 Å². The van der Waals surface area contributed by atoms with Crippen LogP contribution in [0.4, 0.5) is 17.1 Å². The van der Waals surface area contributed by atoms with Gasteiger partial charge in [-0.25, -0.2) is 0 Å². The summed E-state index contributed by atoms with van der Waals surface area (Å²) in [7, 11) is 0. The quantitative estimate of drug-likeness (QED) is 0.157. The lowest BCUT2D eigenvalue weighted by Gasteiger charge is -2.34. The van der Waals surface area contributed by atoms with E-state index in [-0.39, 0.29) is 0 Å². The van der Waals surface area contributed by atoms with Crippen molar-refractivity contribution >= 4 is 60.5 Å². The molecule has 2 nitrogen and oxygen atoms in total. The third kappa shape index (κ3) is 5.13. The van der Waals surface area contributed by atoms with Crippen LogP contribution in [0, 0.1) is 0 Å². The molecule has 11 aromatic rings. The normalized spacial score (nSPS) is 12.9. The Morgan fingerprint density at radius 3 is 1.66 bits per heavy atom. The largest absolute Gasteiger partial charge is 0.456 e. The first-order valence-electron chi connectivity index (χ1n) is 20.3. The molecule has 0 amide bonds.